The molecule has 0 aliphatic heterocycles. The van der Waals surface area contributed by atoms with Crippen molar-refractivity contribution in [2.24, 2.45) is 0 Å². The van der Waals surface area contributed by atoms with Gasteiger partial charge in [-0.3, -0.25) is 4.79 Å². The van der Waals surface area contributed by atoms with E-state index in [9.17, 15) is 9.18 Å². The Balaban J connectivity index is 3.43. The van der Waals surface area contributed by atoms with Gasteiger partial charge >= 0.3 is 0 Å². The van der Waals surface area contributed by atoms with Gasteiger partial charge in [-0.05, 0) is 35.0 Å². The molecule has 1 aromatic rings. The number of hydrogen-bond acceptors (Lipinski definition) is 2. The molecule has 64 valence electrons. The van der Waals surface area contributed by atoms with E-state index in [0.717, 1.165) is 6.07 Å². The molecule has 1 rings (SSSR count). The maximum atomic E-state index is 12.9. The second-order valence-electron chi connectivity index (χ2n) is 2.31. The fourth-order valence-electron chi connectivity index (χ4n) is 0.864. The van der Waals surface area contributed by atoms with Gasteiger partial charge in [-0.15, -0.1) is 0 Å². The van der Waals surface area contributed by atoms with E-state index in [1.807, 2.05) is 0 Å². The number of rotatable bonds is 1. The van der Waals surface area contributed by atoms with Crippen molar-refractivity contribution in [3.63, 3.8) is 0 Å². The summed E-state index contributed by atoms with van der Waals surface area (Å²) in [6.07, 6.45) is 0. The molecule has 0 aliphatic rings. The number of hydrogen-bond donors (Lipinski definition) is 1. The molecule has 0 unspecified atom stereocenters. The fourth-order valence-corrected chi connectivity index (χ4v) is 1.46. The number of phenols is 1. The second-order valence-corrected chi connectivity index (χ2v) is 3.10. The van der Waals surface area contributed by atoms with Gasteiger partial charge in [-0.2, -0.15) is 0 Å². The largest absolute Gasteiger partial charge is 0.507 e. The van der Waals surface area contributed by atoms with Crippen molar-refractivity contribution in [3.8, 4) is 5.75 Å². The highest BCUT2D eigenvalue weighted by Gasteiger charge is 2.14. The number of carbonyl (C=O) groups excluding carboxylic acids is 1. The standard InChI is InChI=1S/C8H6BrFO2/c1-4(11)7-5(10)2-3-6(12)8(7)9/h2-3,12H,1H3. The lowest BCUT2D eigenvalue weighted by atomic mass is 10.1. The van der Waals surface area contributed by atoms with Crippen molar-refractivity contribution in [1.29, 1.82) is 0 Å². The van der Waals surface area contributed by atoms with Crippen LogP contribution in [0.3, 0.4) is 0 Å². The molecule has 2 nitrogen and oxygen atoms in total. The Morgan fingerprint density at radius 2 is 2.17 bits per heavy atom. The average molecular weight is 233 g/mol. The predicted octanol–water partition coefficient (Wildman–Crippen LogP) is 2.50. The lowest BCUT2D eigenvalue weighted by molar-refractivity contribution is 0.101. The van der Waals surface area contributed by atoms with Crippen LogP contribution in [0.1, 0.15) is 17.3 Å². The SMILES string of the molecule is CC(=O)c1c(F)ccc(O)c1Br. The van der Waals surface area contributed by atoms with E-state index >= 15 is 0 Å². The monoisotopic (exact) mass is 232 g/mol. The van der Waals surface area contributed by atoms with Crippen LogP contribution in [0.15, 0.2) is 16.6 Å². The van der Waals surface area contributed by atoms with Crippen LogP contribution in [0.5, 0.6) is 5.75 Å². The summed E-state index contributed by atoms with van der Waals surface area (Å²) in [4.78, 5) is 10.9. The second kappa shape index (κ2) is 3.23. The van der Waals surface area contributed by atoms with Crippen molar-refractivity contribution >= 4 is 21.7 Å². The van der Waals surface area contributed by atoms with Crippen LogP contribution in [-0.2, 0) is 0 Å². The predicted molar refractivity (Wildman–Crippen MR) is 45.8 cm³/mol. The van der Waals surface area contributed by atoms with Gasteiger partial charge in [-0.25, -0.2) is 4.39 Å². The van der Waals surface area contributed by atoms with Crippen LogP contribution in [0.25, 0.3) is 0 Å². The van der Waals surface area contributed by atoms with E-state index in [1.165, 1.54) is 13.0 Å². The summed E-state index contributed by atoms with van der Waals surface area (Å²) in [5.74, 6) is -1.19. The topological polar surface area (TPSA) is 37.3 Å². The third-order valence-corrected chi connectivity index (χ3v) is 2.23. The summed E-state index contributed by atoms with van der Waals surface area (Å²) in [6, 6.07) is 2.24. The van der Waals surface area contributed by atoms with Crippen molar-refractivity contribution in [2.45, 2.75) is 6.92 Å². The lowest BCUT2D eigenvalue weighted by Gasteiger charge is -2.03. The minimum atomic E-state index is -0.632. The van der Waals surface area contributed by atoms with Gasteiger partial charge in [-0.1, -0.05) is 0 Å². The fraction of sp³-hybridized carbons (Fsp3) is 0.125. The zero-order chi connectivity index (χ0) is 9.30. The van der Waals surface area contributed by atoms with E-state index in [0.29, 0.717) is 0 Å². The summed E-state index contributed by atoms with van der Waals surface area (Å²) in [5.41, 5.74) is -0.116. The summed E-state index contributed by atoms with van der Waals surface area (Å²) in [5, 5.41) is 9.11. The summed E-state index contributed by atoms with van der Waals surface area (Å²) in [7, 11) is 0. The number of Topliss-reactive ketones (excluding diaryl/α,β-unsaturated/α-hetero) is 1. The molecule has 0 fully saturated rings. The van der Waals surface area contributed by atoms with Crippen molar-refractivity contribution in [3.05, 3.63) is 28.0 Å². The highest BCUT2D eigenvalue weighted by Crippen LogP contribution is 2.29. The molecule has 4 heteroatoms. The molecule has 12 heavy (non-hydrogen) atoms. The Hall–Kier alpha value is -0.900. The molecule has 0 atom stereocenters. The van der Waals surface area contributed by atoms with E-state index in [-0.39, 0.29) is 15.8 Å². The Morgan fingerprint density at radius 3 is 2.58 bits per heavy atom. The number of aromatic hydroxyl groups is 1. The first kappa shape index (κ1) is 9.19. The molecule has 0 aromatic heterocycles. The third kappa shape index (κ3) is 1.48. The Morgan fingerprint density at radius 1 is 1.58 bits per heavy atom. The minimum Gasteiger partial charge on any atom is -0.507 e. The maximum absolute atomic E-state index is 12.9. The quantitative estimate of drug-likeness (QED) is 0.756. The molecule has 0 amide bonds. The van der Waals surface area contributed by atoms with Gasteiger partial charge in [0.1, 0.15) is 11.6 Å². The number of carbonyl (C=O) groups is 1. The molecule has 1 N–H and O–H groups in total. The van der Waals surface area contributed by atoms with Crippen LogP contribution < -0.4 is 0 Å². The van der Waals surface area contributed by atoms with Gasteiger partial charge in [0.15, 0.2) is 5.78 Å². The molecule has 0 heterocycles. The first-order valence-corrected chi connectivity index (χ1v) is 4.01. The number of phenolic OH excluding ortho intramolecular Hbond substituents is 1. The zero-order valence-electron chi connectivity index (χ0n) is 6.27. The van der Waals surface area contributed by atoms with Crippen LogP contribution >= 0.6 is 15.9 Å². The van der Waals surface area contributed by atoms with Crippen LogP contribution in [0, 0.1) is 5.82 Å². The van der Waals surface area contributed by atoms with Gasteiger partial charge < -0.3 is 5.11 Å². The molecule has 0 saturated carbocycles. The first-order valence-electron chi connectivity index (χ1n) is 3.22. The molecule has 0 spiro atoms. The van der Waals surface area contributed by atoms with Gasteiger partial charge in [0, 0.05) is 0 Å². The summed E-state index contributed by atoms with van der Waals surface area (Å²) < 4.78 is 13.0. The number of ketones is 1. The van der Waals surface area contributed by atoms with E-state index in [2.05, 4.69) is 15.9 Å². The van der Waals surface area contributed by atoms with Crippen molar-refractivity contribution < 1.29 is 14.3 Å². The van der Waals surface area contributed by atoms with E-state index < -0.39 is 11.6 Å². The van der Waals surface area contributed by atoms with Gasteiger partial charge in [0.2, 0.25) is 0 Å². The average Bonchev–Trinajstić information content (AvgIpc) is 1.97. The van der Waals surface area contributed by atoms with Crippen LogP contribution in [-0.4, -0.2) is 10.9 Å². The summed E-state index contributed by atoms with van der Waals surface area (Å²) in [6.45, 7) is 1.24. The molecule has 0 aliphatic carbocycles. The minimum absolute atomic E-state index is 0.106. The smallest absolute Gasteiger partial charge is 0.164 e. The molecule has 0 radical (unpaired) electrons. The number of halogens is 2. The Bertz CT molecular complexity index is 336. The zero-order valence-corrected chi connectivity index (χ0v) is 7.85. The summed E-state index contributed by atoms with van der Waals surface area (Å²) >= 11 is 2.92. The molecule has 0 bridgehead atoms. The van der Waals surface area contributed by atoms with Crippen LogP contribution in [0.2, 0.25) is 0 Å². The molecule has 0 saturated heterocycles. The molecular weight excluding hydrogens is 227 g/mol. The number of benzene rings is 1. The first-order chi connectivity index (χ1) is 5.54. The lowest BCUT2D eigenvalue weighted by Crippen LogP contribution is -1.98. The van der Waals surface area contributed by atoms with Crippen molar-refractivity contribution in [1.82, 2.24) is 0 Å². The van der Waals surface area contributed by atoms with E-state index in [4.69, 9.17) is 5.11 Å². The van der Waals surface area contributed by atoms with Gasteiger partial charge in [0.05, 0.1) is 10.0 Å². The highest BCUT2D eigenvalue weighted by atomic mass is 79.9. The Labute approximate surface area is 77.2 Å². The molecule has 1 aromatic carbocycles. The highest BCUT2D eigenvalue weighted by molar-refractivity contribution is 9.10. The molecular formula is C8H6BrFO2. The Kier molecular flexibility index (Phi) is 2.47. The maximum Gasteiger partial charge on any atom is 0.164 e. The third-order valence-electron chi connectivity index (χ3n) is 1.42. The van der Waals surface area contributed by atoms with E-state index in [1.54, 1.807) is 0 Å². The van der Waals surface area contributed by atoms with Gasteiger partial charge in [0.25, 0.3) is 0 Å². The van der Waals surface area contributed by atoms with Crippen molar-refractivity contribution in [2.75, 3.05) is 0 Å². The normalized spacial score (nSPS) is 9.92. The van der Waals surface area contributed by atoms with Crippen LogP contribution in [0.4, 0.5) is 4.39 Å².